The molecule has 0 aliphatic heterocycles. The first-order chi connectivity index (χ1) is 14.2. The molecule has 1 heterocycles. The molecular formula is C21H17F3N2O4. The quantitative estimate of drug-likeness (QED) is 0.595. The number of benzene rings is 2. The fourth-order valence-electron chi connectivity index (χ4n) is 2.63. The first kappa shape index (κ1) is 21.0. The van der Waals surface area contributed by atoms with Crippen LogP contribution in [0.4, 0.5) is 18.9 Å². The largest absolute Gasteiger partial charge is 0.573 e. The lowest BCUT2D eigenvalue weighted by molar-refractivity contribution is -0.274. The number of carbonyl (C=O) groups is 2. The average molecular weight is 418 g/mol. The zero-order valence-corrected chi connectivity index (χ0v) is 15.7. The van der Waals surface area contributed by atoms with Gasteiger partial charge in [-0.2, -0.15) is 0 Å². The van der Waals surface area contributed by atoms with Gasteiger partial charge < -0.3 is 19.8 Å². The Morgan fingerprint density at radius 3 is 2.20 bits per heavy atom. The van der Waals surface area contributed by atoms with E-state index < -0.39 is 18.3 Å². The third kappa shape index (κ3) is 5.63. The maximum Gasteiger partial charge on any atom is 0.573 e. The van der Waals surface area contributed by atoms with Gasteiger partial charge in [0.15, 0.2) is 5.76 Å². The Balaban J connectivity index is 1.58. The van der Waals surface area contributed by atoms with Gasteiger partial charge in [0.05, 0.1) is 12.3 Å². The van der Waals surface area contributed by atoms with Crippen molar-refractivity contribution in [3.05, 3.63) is 83.8 Å². The van der Waals surface area contributed by atoms with Gasteiger partial charge in [-0.25, -0.2) is 0 Å². The number of hydrogen-bond donors (Lipinski definition) is 2. The van der Waals surface area contributed by atoms with Crippen LogP contribution in [0.2, 0.25) is 0 Å². The first-order valence-electron chi connectivity index (χ1n) is 8.83. The molecule has 0 aliphatic rings. The number of anilines is 1. The van der Waals surface area contributed by atoms with Gasteiger partial charge in [0, 0.05) is 11.3 Å². The van der Waals surface area contributed by atoms with Crippen LogP contribution >= 0.6 is 0 Å². The summed E-state index contributed by atoms with van der Waals surface area (Å²) in [7, 11) is 0. The van der Waals surface area contributed by atoms with Crippen molar-refractivity contribution >= 4 is 17.5 Å². The third-order valence-electron chi connectivity index (χ3n) is 4.11. The molecule has 0 saturated heterocycles. The highest BCUT2D eigenvalue weighted by Crippen LogP contribution is 2.24. The van der Waals surface area contributed by atoms with Crippen molar-refractivity contribution in [1.82, 2.24) is 5.32 Å². The van der Waals surface area contributed by atoms with Crippen molar-refractivity contribution in [2.24, 2.45) is 0 Å². The number of alkyl halides is 3. The average Bonchev–Trinajstić information content (AvgIpc) is 3.23. The minimum Gasteiger partial charge on any atom is -0.459 e. The van der Waals surface area contributed by atoms with Gasteiger partial charge in [-0.3, -0.25) is 9.59 Å². The molecule has 0 fully saturated rings. The third-order valence-corrected chi connectivity index (χ3v) is 4.11. The Hall–Kier alpha value is -3.75. The molecule has 2 N–H and O–H groups in total. The molecule has 0 aliphatic carbocycles. The smallest absolute Gasteiger partial charge is 0.459 e. The van der Waals surface area contributed by atoms with Crippen LogP contribution in [0.3, 0.4) is 0 Å². The summed E-state index contributed by atoms with van der Waals surface area (Å²) in [5.41, 5.74) is 1.45. The van der Waals surface area contributed by atoms with E-state index in [1.807, 2.05) is 0 Å². The van der Waals surface area contributed by atoms with Gasteiger partial charge in [0.25, 0.3) is 11.8 Å². The lowest BCUT2D eigenvalue weighted by Crippen LogP contribution is -2.26. The zero-order valence-electron chi connectivity index (χ0n) is 15.7. The molecule has 0 spiro atoms. The highest BCUT2D eigenvalue weighted by molar-refractivity contribution is 6.02. The van der Waals surface area contributed by atoms with E-state index in [-0.39, 0.29) is 17.4 Å². The number of rotatable bonds is 6. The fourth-order valence-corrected chi connectivity index (χ4v) is 2.63. The normalized spacial score (nSPS) is 12.1. The van der Waals surface area contributed by atoms with Crippen molar-refractivity contribution in [2.75, 3.05) is 5.32 Å². The molecule has 1 unspecified atom stereocenters. The summed E-state index contributed by atoms with van der Waals surface area (Å²) in [4.78, 5) is 24.4. The number of amides is 2. The molecule has 0 saturated carbocycles. The Morgan fingerprint density at radius 1 is 0.967 bits per heavy atom. The lowest BCUT2D eigenvalue weighted by atomic mass is 10.1. The van der Waals surface area contributed by atoms with Crippen molar-refractivity contribution in [3.8, 4) is 5.75 Å². The van der Waals surface area contributed by atoms with E-state index in [0.29, 0.717) is 16.8 Å². The van der Waals surface area contributed by atoms with E-state index >= 15 is 0 Å². The second-order valence-electron chi connectivity index (χ2n) is 6.32. The Bertz CT molecular complexity index is 998. The minimum absolute atomic E-state index is 0.164. The number of hydrogen-bond acceptors (Lipinski definition) is 4. The number of carbonyl (C=O) groups excluding carboxylic acids is 2. The van der Waals surface area contributed by atoms with Gasteiger partial charge in [-0.1, -0.05) is 12.1 Å². The first-order valence-corrected chi connectivity index (χ1v) is 8.83. The predicted octanol–water partition coefficient (Wildman–Crippen LogP) is 4.92. The van der Waals surface area contributed by atoms with Crippen LogP contribution in [0, 0.1) is 0 Å². The summed E-state index contributed by atoms with van der Waals surface area (Å²) < 4.78 is 45.5. The maximum atomic E-state index is 12.4. The van der Waals surface area contributed by atoms with Crippen LogP contribution in [0.15, 0.2) is 71.3 Å². The molecule has 1 atom stereocenters. The van der Waals surface area contributed by atoms with Gasteiger partial charge in [0.1, 0.15) is 5.75 Å². The summed E-state index contributed by atoms with van der Waals surface area (Å²) >= 11 is 0. The van der Waals surface area contributed by atoms with Crippen molar-refractivity contribution in [3.63, 3.8) is 0 Å². The summed E-state index contributed by atoms with van der Waals surface area (Å²) in [5.74, 6) is -0.958. The van der Waals surface area contributed by atoms with Crippen LogP contribution in [0.1, 0.15) is 39.4 Å². The molecule has 1 aromatic heterocycles. The molecule has 9 heteroatoms. The Labute approximate surface area is 169 Å². The highest BCUT2D eigenvalue weighted by atomic mass is 19.4. The van der Waals surface area contributed by atoms with E-state index in [1.54, 1.807) is 37.3 Å². The zero-order chi connectivity index (χ0) is 21.7. The molecule has 156 valence electrons. The minimum atomic E-state index is -4.76. The van der Waals surface area contributed by atoms with Crippen LogP contribution in [-0.2, 0) is 0 Å². The molecule has 2 aromatic carbocycles. The molecule has 3 aromatic rings. The van der Waals surface area contributed by atoms with Crippen LogP contribution < -0.4 is 15.4 Å². The second-order valence-corrected chi connectivity index (χ2v) is 6.32. The molecular weight excluding hydrogens is 401 g/mol. The fraction of sp³-hybridized carbons (Fsp3) is 0.143. The molecule has 6 nitrogen and oxygen atoms in total. The molecule has 30 heavy (non-hydrogen) atoms. The van der Waals surface area contributed by atoms with Crippen LogP contribution in [-0.4, -0.2) is 18.2 Å². The highest BCUT2D eigenvalue weighted by Gasteiger charge is 2.31. The van der Waals surface area contributed by atoms with Crippen LogP contribution in [0.5, 0.6) is 5.75 Å². The van der Waals surface area contributed by atoms with Crippen molar-refractivity contribution < 1.29 is 31.9 Å². The summed E-state index contributed by atoms with van der Waals surface area (Å²) in [5, 5.41) is 5.40. The van der Waals surface area contributed by atoms with Gasteiger partial charge in [-0.05, 0) is 61.0 Å². The van der Waals surface area contributed by atoms with Gasteiger partial charge in [0.2, 0.25) is 0 Å². The van der Waals surface area contributed by atoms with E-state index in [0.717, 1.165) is 0 Å². The number of nitrogens with one attached hydrogen (secondary N) is 2. The van der Waals surface area contributed by atoms with E-state index in [9.17, 15) is 22.8 Å². The lowest BCUT2D eigenvalue weighted by Gasteiger charge is -2.15. The monoisotopic (exact) mass is 418 g/mol. The summed E-state index contributed by atoms with van der Waals surface area (Å²) in [6.07, 6.45) is -3.37. The summed E-state index contributed by atoms with van der Waals surface area (Å²) in [6, 6.07) is 14.2. The van der Waals surface area contributed by atoms with E-state index in [1.165, 1.54) is 36.6 Å². The SMILES string of the molecule is CC(NC(=O)c1ccc(NC(=O)c2ccco2)cc1)c1ccc(OC(F)(F)F)cc1. The molecule has 0 bridgehead atoms. The van der Waals surface area contributed by atoms with Crippen molar-refractivity contribution in [1.29, 1.82) is 0 Å². The molecule has 2 amide bonds. The molecule has 3 rings (SSSR count). The maximum absolute atomic E-state index is 12.4. The number of furan rings is 1. The van der Waals surface area contributed by atoms with E-state index in [2.05, 4.69) is 15.4 Å². The predicted molar refractivity (Wildman–Crippen MR) is 102 cm³/mol. The Morgan fingerprint density at radius 2 is 1.63 bits per heavy atom. The number of halogens is 3. The number of ether oxygens (including phenoxy) is 1. The standard InChI is InChI=1S/C21H17F3N2O4/c1-13(14-6-10-17(11-7-14)30-21(22,23)24)25-19(27)15-4-8-16(9-5-15)26-20(28)18-3-2-12-29-18/h2-13H,1H3,(H,25,27)(H,26,28). The van der Waals surface area contributed by atoms with Crippen molar-refractivity contribution in [2.45, 2.75) is 19.3 Å². The second kappa shape index (κ2) is 8.73. The van der Waals surface area contributed by atoms with Gasteiger partial charge in [-0.15, -0.1) is 13.2 Å². The van der Waals surface area contributed by atoms with Gasteiger partial charge >= 0.3 is 6.36 Å². The van der Waals surface area contributed by atoms with E-state index in [4.69, 9.17) is 4.42 Å². The molecule has 0 radical (unpaired) electrons. The Kier molecular flexibility index (Phi) is 6.10. The summed E-state index contributed by atoms with van der Waals surface area (Å²) in [6.45, 7) is 1.70. The topological polar surface area (TPSA) is 80.6 Å². The van der Waals surface area contributed by atoms with Crippen LogP contribution in [0.25, 0.3) is 0 Å².